The van der Waals surface area contributed by atoms with Gasteiger partial charge in [0.1, 0.15) is 42.4 Å². The Labute approximate surface area is 218 Å². The normalized spacial score (nSPS) is 28.9. The number of aliphatic hydroxyl groups excluding tert-OH is 1. The summed E-state index contributed by atoms with van der Waals surface area (Å²) in [5, 5.41) is 10.3. The van der Waals surface area contributed by atoms with Crippen LogP contribution in [0.2, 0.25) is 0 Å². The Hall–Kier alpha value is -2.54. The lowest BCUT2D eigenvalue weighted by Gasteiger charge is -2.22. The molecule has 2 aliphatic rings. The van der Waals surface area contributed by atoms with Crippen molar-refractivity contribution >= 4 is 27.3 Å². The standard InChI is InChI=1S/C18H26N6O13P2/c19-13-1-3-23(17(26)21-13)15-5-9(25)11(35-15)7-34-39(31,32)37-10-6-16(24-4-2-14(20)22-18(24)27)36-12(10)8-33-38(28,29)30/h1-4,9-12,15-16,25H,5-8H2,(H,31,32)(H2,19,21,26)(H2,20,22,27)(H2,28,29,30)/t9-,10-,11+,12+,15+,16+/m0/s1. The minimum atomic E-state index is -4.95. The van der Waals surface area contributed by atoms with Crippen LogP contribution in [0.25, 0.3) is 0 Å². The van der Waals surface area contributed by atoms with Gasteiger partial charge in [0.2, 0.25) is 0 Å². The van der Waals surface area contributed by atoms with Gasteiger partial charge in [-0.15, -0.1) is 0 Å². The Bertz CT molecular complexity index is 1400. The summed E-state index contributed by atoms with van der Waals surface area (Å²) in [5.74, 6) is -0.0685. The highest BCUT2D eigenvalue weighted by molar-refractivity contribution is 7.47. The second-order valence-corrected chi connectivity index (χ2v) is 11.2. The number of ether oxygens (including phenoxy) is 2. The van der Waals surface area contributed by atoms with E-state index in [9.17, 15) is 28.7 Å². The fourth-order valence-corrected chi connectivity index (χ4v) is 5.30. The second-order valence-electron chi connectivity index (χ2n) is 8.58. The average molecular weight is 596 g/mol. The van der Waals surface area contributed by atoms with E-state index in [4.69, 9.17) is 39.8 Å². The first kappa shape index (κ1) is 29.4. The third-order valence-corrected chi connectivity index (χ3v) is 7.28. The summed E-state index contributed by atoms with van der Waals surface area (Å²) in [6, 6.07) is 2.66. The monoisotopic (exact) mass is 596 g/mol. The zero-order chi connectivity index (χ0) is 28.5. The molecule has 8 N–H and O–H groups in total. The number of nitrogen functional groups attached to an aromatic ring is 2. The molecule has 0 saturated carbocycles. The van der Waals surface area contributed by atoms with Crippen LogP contribution in [0.4, 0.5) is 11.6 Å². The molecule has 0 radical (unpaired) electrons. The molecule has 2 fully saturated rings. The lowest BCUT2D eigenvalue weighted by Crippen LogP contribution is -2.30. The van der Waals surface area contributed by atoms with Crippen molar-refractivity contribution in [2.45, 2.75) is 49.7 Å². The van der Waals surface area contributed by atoms with E-state index in [2.05, 4.69) is 14.5 Å². The number of phosphoric ester groups is 2. The van der Waals surface area contributed by atoms with E-state index in [1.54, 1.807) is 0 Å². The molecule has 7 atom stereocenters. The van der Waals surface area contributed by atoms with Gasteiger partial charge in [0, 0.05) is 25.2 Å². The lowest BCUT2D eigenvalue weighted by atomic mass is 10.2. The molecule has 0 aromatic carbocycles. The maximum Gasteiger partial charge on any atom is 0.472 e. The number of hydrogen-bond acceptors (Lipinski definition) is 14. The van der Waals surface area contributed by atoms with Crippen molar-refractivity contribution in [3.63, 3.8) is 0 Å². The molecule has 21 heteroatoms. The molecule has 0 amide bonds. The van der Waals surface area contributed by atoms with E-state index >= 15 is 0 Å². The van der Waals surface area contributed by atoms with Gasteiger partial charge < -0.3 is 40.7 Å². The molecule has 0 spiro atoms. The molecule has 0 bridgehead atoms. The fraction of sp³-hybridized carbons (Fsp3) is 0.556. The van der Waals surface area contributed by atoms with E-state index in [1.165, 1.54) is 24.5 Å². The maximum absolute atomic E-state index is 12.7. The van der Waals surface area contributed by atoms with Crippen molar-refractivity contribution in [3.05, 3.63) is 45.5 Å². The molecule has 216 valence electrons. The molecule has 4 rings (SSSR count). The van der Waals surface area contributed by atoms with Crippen molar-refractivity contribution < 1.29 is 52.0 Å². The predicted octanol–water partition coefficient (Wildman–Crippen LogP) is -1.79. The Kier molecular flexibility index (Phi) is 8.70. The van der Waals surface area contributed by atoms with Gasteiger partial charge in [-0.3, -0.25) is 22.7 Å². The number of aliphatic hydroxyl groups is 1. The number of nitrogens with zero attached hydrogens (tertiary/aromatic N) is 4. The van der Waals surface area contributed by atoms with Gasteiger partial charge in [-0.05, 0) is 12.1 Å². The third kappa shape index (κ3) is 7.56. The molecule has 2 aromatic heterocycles. The van der Waals surface area contributed by atoms with Crippen LogP contribution in [-0.4, -0.2) is 76.5 Å². The van der Waals surface area contributed by atoms with E-state index < -0.39 is 77.1 Å². The zero-order valence-electron chi connectivity index (χ0n) is 19.9. The Balaban J connectivity index is 1.41. The maximum atomic E-state index is 12.7. The molecule has 19 nitrogen and oxygen atoms in total. The number of rotatable bonds is 10. The largest absolute Gasteiger partial charge is 0.472 e. The van der Waals surface area contributed by atoms with Crippen LogP contribution >= 0.6 is 15.6 Å². The van der Waals surface area contributed by atoms with Crippen LogP contribution in [-0.2, 0) is 32.2 Å². The molecular weight excluding hydrogens is 570 g/mol. The molecular formula is C18H26N6O13P2. The Morgan fingerprint density at radius 1 is 0.897 bits per heavy atom. The Morgan fingerprint density at radius 2 is 1.41 bits per heavy atom. The highest BCUT2D eigenvalue weighted by Gasteiger charge is 2.44. The van der Waals surface area contributed by atoms with Crippen molar-refractivity contribution in [2.24, 2.45) is 0 Å². The second kappa shape index (κ2) is 11.5. The fourth-order valence-electron chi connectivity index (χ4n) is 4.00. The third-order valence-electron chi connectivity index (χ3n) is 5.79. The number of phosphoric acid groups is 2. The summed E-state index contributed by atoms with van der Waals surface area (Å²) >= 11 is 0. The smallest absolute Gasteiger partial charge is 0.390 e. The summed E-state index contributed by atoms with van der Waals surface area (Å²) in [6.45, 7) is -1.40. The van der Waals surface area contributed by atoms with Crippen molar-refractivity contribution in [3.8, 4) is 0 Å². The van der Waals surface area contributed by atoms with Crippen LogP contribution in [0.15, 0.2) is 34.1 Å². The Morgan fingerprint density at radius 3 is 1.95 bits per heavy atom. The van der Waals surface area contributed by atoms with Crippen LogP contribution in [0.5, 0.6) is 0 Å². The first-order valence-electron chi connectivity index (χ1n) is 11.2. The van der Waals surface area contributed by atoms with Gasteiger partial charge in [-0.1, -0.05) is 0 Å². The van der Waals surface area contributed by atoms with Crippen LogP contribution in [0, 0.1) is 0 Å². The molecule has 2 aromatic rings. The minimum absolute atomic E-state index is 0.00629. The number of anilines is 2. The average Bonchev–Trinajstić information content (AvgIpc) is 3.38. The number of aromatic nitrogens is 4. The van der Waals surface area contributed by atoms with Crippen LogP contribution in [0.3, 0.4) is 0 Å². The van der Waals surface area contributed by atoms with E-state index in [1.807, 2.05) is 0 Å². The number of hydrogen-bond donors (Lipinski definition) is 6. The minimum Gasteiger partial charge on any atom is -0.390 e. The first-order valence-corrected chi connectivity index (χ1v) is 14.3. The summed E-state index contributed by atoms with van der Waals surface area (Å²) < 4.78 is 51.8. The highest BCUT2D eigenvalue weighted by atomic mass is 31.2. The molecule has 1 unspecified atom stereocenters. The van der Waals surface area contributed by atoms with E-state index in [0.717, 1.165) is 9.13 Å². The van der Waals surface area contributed by atoms with E-state index in [0.29, 0.717) is 0 Å². The highest BCUT2D eigenvalue weighted by Crippen LogP contribution is 2.49. The quantitative estimate of drug-likeness (QED) is 0.165. The molecule has 2 aliphatic heterocycles. The summed E-state index contributed by atoms with van der Waals surface area (Å²) in [6.07, 6.45) is -4.77. The van der Waals surface area contributed by atoms with Crippen molar-refractivity contribution in [1.82, 2.24) is 19.1 Å². The van der Waals surface area contributed by atoms with Gasteiger partial charge in [0.25, 0.3) is 0 Å². The zero-order valence-corrected chi connectivity index (χ0v) is 21.7. The lowest BCUT2D eigenvalue weighted by molar-refractivity contribution is -0.0570. The van der Waals surface area contributed by atoms with Crippen molar-refractivity contribution in [1.29, 1.82) is 0 Å². The van der Waals surface area contributed by atoms with Crippen LogP contribution in [0.1, 0.15) is 25.3 Å². The summed E-state index contributed by atoms with van der Waals surface area (Å²) in [7, 11) is -9.86. The van der Waals surface area contributed by atoms with Crippen LogP contribution < -0.4 is 22.8 Å². The van der Waals surface area contributed by atoms with Gasteiger partial charge in [-0.25, -0.2) is 18.7 Å². The predicted molar refractivity (Wildman–Crippen MR) is 128 cm³/mol. The molecule has 0 aliphatic carbocycles. The molecule has 2 saturated heterocycles. The molecule has 39 heavy (non-hydrogen) atoms. The van der Waals surface area contributed by atoms with Gasteiger partial charge in [0.05, 0.1) is 19.3 Å². The topological polar surface area (TPSA) is 283 Å². The van der Waals surface area contributed by atoms with E-state index in [-0.39, 0.29) is 24.5 Å². The summed E-state index contributed by atoms with van der Waals surface area (Å²) in [4.78, 5) is 59.7. The molecule has 4 heterocycles. The van der Waals surface area contributed by atoms with Crippen molar-refractivity contribution in [2.75, 3.05) is 24.7 Å². The van der Waals surface area contributed by atoms with Gasteiger partial charge >= 0.3 is 27.0 Å². The summed E-state index contributed by atoms with van der Waals surface area (Å²) in [5.41, 5.74) is 9.40. The first-order chi connectivity index (χ1) is 18.2. The SMILES string of the molecule is Nc1ccn([C@H]2C[C@H](OP(=O)(O)OC[C@H]3O[C@@H](n4ccc(N)nc4=O)C[C@@H]3O)[C@@H](COP(=O)(O)O)O2)c(=O)n1. The van der Waals surface area contributed by atoms with Gasteiger partial charge in [-0.2, -0.15) is 9.97 Å². The number of nitrogens with two attached hydrogens (primary N) is 2. The van der Waals surface area contributed by atoms with Gasteiger partial charge in [0.15, 0.2) is 0 Å².